The van der Waals surface area contributed by atoms with E-state index in [9.17, 15) is 0 Å². The third-order valence-electron chi connectivity index (χ3n) is 9.43. The zero-order valence-corrected chi connectivity index (χ0v) is 25.3. The number of nitrogen functional groups attached to an aromatic ring is 1. The molecule has 3 N–H and O–H groups in total. The van der Waals surface area contributed by atoms with Gasteiger partial charge in [-0.05, 0) is 75.0 Å². The number of imidazole rings is 1. The fourth-order valence-electron chi connectivity index (χ4n) is 6.94. The van der Waals surface area contributed by atoms with E-state index in [1.807, 2.05) is 26.1 Å². The molecule has 5 aromatic rings. The highest BCUT2D eigenvalue weighted by Crippen LogP contribution is 2.39. The number of fused-ring (bicyclic) bond motifs is 2. The van der Waals surface area contributed by atoms with Crippen LogP contribution in [0.4, 0.5) is 17.5 Å². The van der Waals surface area contributed by atoms with Crippen LogP contribution in [0.3, 0.4) is 0 Å². The molecule has 0 spiro atoms. The molecular weight excluding hydrogens is 546 g/mol. The van der Waals surface area contributed by atoms with E-state index in [0.717, 1.165) is 68.3 Å². The topological polar surface area (TPSA) is 93.1 Å². The summed E-state index contributed by atoms with van der Waals surface area (Å²) in [6, 6.07) is 13.4. The lowest BCUT2D eigenvalue weighted by Crippen LogP contribution is -2.49. The summed E-state index contributed by atoms with van der Waals surface area (Å²) in [7, 11) is 4.23. The molecule has 2 aromatic carbocycles. The molecule has 2 fully saturated rings. The first kappa shape index (κ1) is 27.2. The van der Waals surface area contributed by atoms with Crippen molar-refractivity contribution in [1.82, 2.24) is 33.9 Å². The van der Waals surface area contributed by atoms with Crippen molar-refractivity contribution < 1.29 is 0 Å². The van der Waals surface area contributed by atoms with Crippen molar-refractivity contribution in [2.75, 3.05) is 44.3 Å². The maximum absolute atomic E-state index is 6.47. The van der Waals surface area contributed by atoms with Crippen LogP contribution in [0.1, 0.15) is 37.3 Å². The van der Waals surface area contributed by atoms with Crippen molar-refractivity contribution >= 4 is 51.1 Å². The molecule has 0 radical (unpaired) electrons. The van der Waals surface area contributed by atoms with Gasteiger partial charge in [0.1, 0.15) is 17.8 Å². The Labute approximate surface area is 251 Å². The number of piperazine rings is 1. The average molecular weight is 584 g/mol. The molecule has 2 aliphatic rings. The fraction of sp³-hybridized carbons (Fsp3) is 0.406. The summed E-state index contributed by atoms with van der Waals surface area (Å²) in [4.78, 5) is 19.0. The van der Waals surface area contributed by atoms with E-state index in [4.69, 9.17) is 27.3 Å². The van der Waals surface area contributed by atoms with Crippen LogP contribution in [0.25, 0.3) is 33.2 Å². The lowest BCUT2D eigenvalue weighted by Gasteiger charge is -2.41. The summed E-state index contributed by atoms with van der Waals surface area (Å²) in [5.41, 5.74) is 13.5. The van der Waals surface area contributed by atoms with Gasteiger partial charge >= 0.3 is 0 Å². The van der Waals surface area contributed by atoms with Gasteiger partial charge in [-0.3, -0.25) is 4.90 Å². The van der Waals surface area contributed by atoms with Crippen LogP contribution in [0.5, 0.6) is 0 Å². The van der Waals surface area contributed by atoms with E-state index < -0.39 is 0 Å². The minimum absolute atomic E-state index is 0.412. The van der Waals surface area contributed by atoms with Crippen molar-refractivity contribution in [2.24, 2.45) is 7.05 Å². The van der Waals surface area contributed by atoms with Crippen molar-refractivity contribution in [3.63, 3.8) is 0 Å². The monoisotopic (exact) mass is 583 g/mol. The van der Waals surface area contributed by atoms with E-state index in [-0.39, 0.29) is 0 Å². The fourth-order valence-corrected chi connectivity index (χ4v) is 7.09. The van der Waals surface area contributed by atoms with Crippen LogP contribution < -0.4 is 11.1 Å². The standard InChI is InChI=1S/C32H38ClN9/c1-20-26(33)12-13-27-29(20)40(3)32(38-27)37-22-6-4-21(5-7-22)25-18-42(31-28(25)30(34)35-19-36-31)24-10-8-23(9-11-24)41-16-14-39(2)15-17-41/h4-7,12-13,18-19,23-24H,8-11,14-17H2,1-3H3,(H,37,38)(H2,34,35,36). The molecule has 1 saturated carbocycles. The number of nitrogens with one attached hydrogen (secondary N) is 1. The molecule has 7 rings (SSSR count). The number of hydrogen-bond acceptors (Lipinski definition) is 7. The summed E-state index contributed by atoms with van der Waals surface area (Å²) in [5, 5.41) is 5.15. The highest BCUT2D eigenvalue weighted by Gasteiger charge is 2.30. The predicted molar refractivity (Wildman–Crippen MR) is 171 cm³/mol. The Hall–Kier alpha value is -3.66. The van der Waals surface area contributed by atoms with Gasteiger partial charge in [0.2, 0.25) is 5.95 Å². The molecule has 0 amide bonds. The molecule has 0 unspecified atom stereocenters. The first-order valence-corrected chi connectivity index (χ1v) is 15.3. The largest absolute Gasteiger partial charge is 0.383 e. The van der Waals surface area contributed by atoms with E-state index >= 15 is 0 Å². The van der Waals surface area contributed by atoms with Gasteiger partial charge in [0, 0.05) is 67.8 Å². The molecule has 1 aliphatic heterocycles. The molecular formula is C32H38ClN9. The van der Waals surface area contributed by atoms with Crippen LogP contribution in [-0.4, -0.2) is 73.2 Å². The van der Waals surface area contributed by atoms with Crippen LogP contribution >= 0.6 is 11.6 Å². The van der Waals surface area contributed by atoms with Gasteiger partial charge in [0.15, 0.2) is 0 Å². The average Bonchev–Trinajstić information content (AvgIpc) is 3.55. The van der Waals surface area contributed by atoms with Gasteiger partial charge in [-0.2, -0.15) is 0 Å². The van der Waals surface area contributed by atoms with Crippen LogP contribution in [0.15, 0.2) is 48.9 Å². The molecule has 10 heteroatoms. The Bertz CT molecular complexity index is 1740. The van der Waals surface area contributed by atoms with Crippen molar-refractivity contribution in [3.05, 3.63) is 59.5 Å². The summed E-state index contributed by atoms with van der Waals surface area (Å²) < 4.78 is 4.41. The number of benzene rings is 2. The van der Waals surface area contributed by atoms with Crippen molar-refractivity contribution in [3.8, 4) is 11.1 Å². The Morgan fingerprint density at radius 3 is 2.36 bits per heavy atom. The zero-order chi connectivity index (χ0) is 29.0. The smallest absolute Gasteiger partial charge is 0.208 e. The number of anilines is 3. The maximum Gasteiger partial charge on any atom is 0.208 e. The van der Waals surface area contributed by atoms with E-state index in [0.29, 0.717) is 17.9 Å². The van der Waals surface area contributed by atoms with Gasteiger partial charge in [-0.15, -0.1) is 0 Å². The number of aryl methyl sites for hydroxylation is 2. The maximum atomic E-state index is 6.47. The summed E-state index contributed by atoms with van der Waals surface area (Å²) in [6.45, 7) is 6.73. The van der Waals surface area contributed by atoms with Crippen molar-refractivity contribution in [2.45, 2.75) is 44.7 Å². The third kappa shape index (κ3) is 4.79. The molecule has 1 saturated heterocycles. The number of likely N-dealkylation sites (N-methyl/N-ethyl adjacent to an activating group) is 1. The summed E-state index contributed by atoms with van der Waals surface area (Å²) in [6.07, 6.45) is 8.57. The second-order valence-corrected chi connectivity index (χ2v) is 12.4. The SMILES string of the molecule is Cc1c(Cl)ccc2nc(Nc3ccc(-c4cn(C5CCC(N6CCN(C)CC6)CC5)c5ncnc(N)c45)cc3)n(C)c12. The third-order valence-corrected chi connectivity index (χ3v) is 9.84. The Morgan fingerprint density at radius 2 is 1.62 bits per heavy atom. The lowest BCUT2D eigenvalue weighted by molar-refractivity contribution is 0.0828. The molecule has 218 valence electrons. The first-order valence-electron chi connectivity index (χ1n) is 14.9. The minimum atomic E-state index is 0.412. The lowest BCUT2D eigenvalue weighted by atomic mass is 9.89. The predicted octanol–water partition coefficient (Wildman–Crippen LogP) is 6.00. The molecule has 3 aromatic heterocycles. The number of nitrogens with zero attached hydrogens (tertiary/aromatic N) is 7. The van der Waals surface area contributed by atoms with Gasteiger partial charge in [0.25, 0.3) is 0 Å². The minimum Gasteiger partial charge on any atom is -0.383 e. The van der Waals surface area contributed by atoms with E-state index in [2.05, 4.69) is 66.7 Å². The Kier molecular flexibility index (Phi) is 7.04. The van der Waals surface area contributed by atoms with E-state index in [1.54, 1.807) is 6.33 Å². The molecule has 1 aliphatic carbocycles. The number of aromatic nitrogens is 5. The second-order valence-electron chi connectivity index (χ2n) is 11.9. The van der Waals surface area contributed by atoms with Crippen LogP contribution in [0.2, 0.25) is 5.02 Å². The summed E-state index contributed by atoms with van der Waals surface area (Å²) >= 11 is 6.37. The number of rotatable bonds is 5. The quantitative estimate of drug-likeness (QED) is 0.262. The van der Waals surface area contributed by atoms with Crippen LogP contribution in [0, 0.1) is 6.92 Å². The highest BCUT2D eigenvalue weighted by molar-refractivity contribution is 6.32. The van der Waals surface area contributed by atoms with Gasteiger partial charge in [0.05, 0.1) is 16.4 Å². The zero-order valence-electron chi connectivity index (χ0n) is 24.5. The highest BCUT2D eigenvalue weighted by atomic mass is 35.5. The molecule has 9 nitrogen and oxygen atoms in total. The normalized spacial score (nSPS) is 20.5. The first-order chi connectivity index (χ1) is 20.4. The molecule has 0 bridgehead atoms. The molecule has 42 heavy (non-hydrogen) atoms. The molecule has 0 atom stereocenters. The van der Waals surface area contributed by atoms with Crippen molar-refractivity contribution in [1.29, 1.82) is 0 Å². The summed E-state index contributed by atoms with van der Waals surface area (Å²) in [5.74, 6) is 1.29. The van der Waals surface area contributed by atoms with Gasteiger partial charge < -0.3 is 25.1 Å². The Morgan fingerprint density at radius 1 is 0.905 bits per heavy atom. The Balaban J connectivity index is 1.13. The van der Waals surface area contributed by atoms with Gasteiger partial charge in [-0.1, -0.05) is 23.7 Å². The van der Waals surface area contributed by atoms with E-state index in [1.165, 1.54) is 39.0 Å². The number of hydrogen-bond donors (Lipinski definition) is 2. The van der Waals surface area contributed by atoms with Crippen LogP contribution in [-0.2, 0) is 7.05 Å². The second kappa shape index (κ2) is 10.9. The molecule has 4 heterocycles. The number of halogens is 1. The van der Waals surface area contributed by atoms with Gasteiger partial charge in [-0.25, -0.2) is 15.0 Å². The number of nitrogens with two attached hydrogens (primary N) is 1.